The topological polar surface area (TPSA) is 41.6 Å². The first-order valence-electron chi connectivity index (χ1n) is 10.0. The third-order valence-corrected chi connectivity index (χ3v) is 6.83. The summed E-state index contributed by atoms with van der Waals surface area (Å²) in [7, 11) is 1.62. The third kappa shape index (κ3) is 3.62. The van der Waals surface area contributed by atoms with Crippen molar-refractivity contribution in [2.45, 2.75) is 32.7 Å². The number of benzene rings is 2. The Morgan fingerprint density at radius 1 is 1.17 bits per heavy atom. The van der Waals surface area contributed by atoms with E-state index in [0.29, 0.717) is 18.0 Å². The molecule has 1 atom stereocenters. The fourth-order valence-corrected chi connectivity index (χ4v) is 5.67. The lowest BCUT2D eigenvalue weighted by molar-refractivity contribution is 0.195. The van der Waals surface area contributed by atoms with Crippen LogP contribution < -0.4 is 10.1 Å². The number of hydrogen-bond acceptors (Lipinski definition) is 3. The molecule has 1 aliphatic heterocycles. The fraction of sp³-hybridized carbons (Fsp3) is 0.292. The molecule has 1 N–H and O–H groups in total. The van der Waals surface area contributed by atoms with Crippen molar-refractivity contribution >= 4 is 23.1 Å². The first kappa shape index (κ1) is 19.5. The molecule has 0 saturated carbocycles. The van der Waals surface area contributed by atoms with E-state index in [4.69, 9.17) is 4.74 Å². The number of nitrogens with zero attached hydrogens (tertiary/aromatic N) is 1. The summed E-state index contributed by atoms with van der Waals surface area (Å²) in [5, 5.41) is 3.06. The SMILES string of the molecule is CCc1c(C)sc2c1CCN(C(=O)Nc1ccccc1OC)[C@@H]2c1ccccc1. The number of anilines is 1. The summed E-state index contributed by atoms with van der Waals surface area (Å²) in [4.78, 5) is 18.0. The van der Waals surface area contributed by atoms with Crippen LogP contribution >= 0.6 is 11.3 Å². The predicted molar refractivity (Wildman–Crippen MR) is 119 cm³/mol. The van der Waals surface area contributed by atoms with E-state index in [1.807, 2.05) is 58.7 Å². The standard InChI is InChI=1S/C24H26N2O2S/c1-4-18-16(2)29-23-19(18)14-15-26(22(23)17-10-6-5-7-11-17)24(27)25-20-12-8-9-13-21(20)28-3/h5-13,22H,4,14-15H2,1-3H3,(H,25,27)/t22-/m1/s1. The molecule has 2 heterocycles. The molecule has 2 amide bonds. The van der Waals surface area contributed by atoms with Crippen LogP contribution in [0.1, 0.15) is 39.4 Å². The molecule has 0 saturated heterocycles. The van der Waals surface area contributed by atoms with E-state index in [0.717, 1.165) is 18.4 Å². The summed E-state index contributed by atoms with van der Waals surface area (Å²) >= 11 is 1.83. The highest BCUT2D eigenvalue weighted by Gasteiger charge is 2.35. The van der Waals surface area contributed by atoms with Gasteiger partial charge in [-0.1, -0.05) is 49.4 Å². The van der Waals surface area contributed by atoms with Crippen LogP contribution in [0.5, 0.6) is 5.75 Å². The first-order valence-corrected chi connectivity index (χ1v) is 10.8. The highest BCUT2D eigenvalue weighted by atomic mass is 32.1. The van der Waals surface area contributed by atoms with E-state index >= 15 is 0 Å². The number of urea groups is 1. The Hall–Kier alpha value is -2.79. The maximum Gasteiger partial charge on any atom is 0.322 e. The highest BCUT2D eigenvalue weighted by Crippen LogP contribution is 2.43. The molecule has 0 spiro atoms. The number of methoxy groups -OCH3 is 1. The summed E-state index contributed by atoms with van der Waals surface area (Å²) < 4.78 is 5.40. The molecule has 1 aliphatic rings. The van der Waals surface area contributed by atoms with Crippen LogP contribution in [0, 0.1) is 6.92 Å². The van der Waals surface area contributed by atoms with Gasteiger partial charge in [0.05, 0.1) is 18.8 Å². The number of amides is 2. The second kappa shape index (κ2) is 8.29. The van der Waals surface area contributed by atoms with Gasteiger partial charge in [0.2, 0.25) is 0 Å². The number of para-hydroxylation sites is 2. The van der Waals surface area contributed by atoms with Crippen LogP contribution in [0.2, 0.25) is 0 Å². The maximum absolute atomic E-state index is 13.4. The monoisotopic (exact) mass is 406 g/mol. The van der Waals surface area contributed by atoms with E-state index in [1.165, 1.54) is 20.9 Å². The van der Waals surface area contributed by atoms with Crippen molar-refractivity contribution in [2.75, 3.05) is 19.0 Å². The Morgan fingerprint density at radius 2 is 1.90 bits per heavy atom. The van der Waals surface area contributed by atoms with Crippen molar-refractivity contribution in [2.24, 2.45) is 0 Å². The highest BCUT2D eigenvalue weighted by molar-refractivity contribution is 7.12. The molecule has 0 aliphatic carbocycles. The summed E-state index contributed by atoms with van der Waals surface area (Å²) in [6.45, 7) is 5.10. The van der Waals surface area contributed by atoms with Crippen LogP contribution in [0.25, 0.3) is 0 Å². The van der Waals surface area contributed by atoms with E-state index in [-0.39, 0.29) is 12.1 Å². The van der Waals surface area contributed by atoms with Crippen LogP contribution in [-0.4, -0.2) is 24.6 Å². The zero-order valence-electron chi connectivity index (χ0n) is 17.1. The fourth-order valence-electron chi connectivity index (χ4n) is 4.23. The number of fused-ring (bicyclic) bond motifs is 1. The Morgan fingerprint density at radius 3 is 2.62 bits per heavy atom. The van der Waals surface area contributed by atoms with Crippen LogP contribution in [0.15, 0.2) is 54.6 Å². The second-order valence-corrected chi connectivity index (χ2v) is 8.48. The molecule has 3 aromatic rings. The maximum atomic E-state index is 13.4. The van der Waals surface area contributed by atoms with E-state index < -0.39 is 0 Å². The van der Waals surface area contributed by atoms with Gasteiger partial charge < -0.3 is 15.0 Å². The van der Waals surface area contributed by atoms with E-state index in [1.54, 1.807) is 7.11 Å². The largest absolute Gasteiger partial charge is 0.495 e. The molecule has 29 heavy (non-hydrogen) atoms. The average Bonchev–Trinajstić information content (AvgIpc) is 3.08. The number of carbonyl (C=O) groups excluding carboxylic acids is 1. The van der Waals surface area contributed by atoms with Gasteiger partial charge in [-0.05, 0) is 48.6 Å². The van der Waals surface area contributed by atoms with Crippen LogP contribution in [-0.2, 0) is 12.8 Å². The number of thiophene rings is 1. The molecule has 2 aromatic carbocycles. The number of ether oxygens (including phenoxy) is 1. The van der Waals surface area contributed by atoms with Gasteiger partial charge in [0.25, 0.3) is 0 Å². The second-order valence-electron chi connectivity index (χ2n) is 7.22. The summed E-state index contributed by atoms with van der Waals surface area (Å²) in [6, 6.07) is 17.7. The molecule has 0 radical (unpaired) electrons. The first-order chi connectivity index (χ1) is 14.1. The van der Waals surface area contributed by atoms with Gasteiger partial charge in [0.1, 0.15) is 5.75 Å². The smallest absolute Gasteiger partial charge is 0.322 e. The number of nitrogens with one attached hydrogen (secondary N) is 1. The Bertz CT molecular complexity index is 1010. The molecule has 1 aromatic heterocycles. The minimum Gasteiger partial charge on any atom is -0.495 e. The molecule has 0 bridgehead atoms. The summed E-state index contributed by atoms with van der Waals surface area (Å²) in [6.07, 6.45) is 1.93. The van der Waals surface area contributed by atoms with Gasteiger partial charge in [-0.3, -0.25) is 0 Å². The van der Waals surface area contributed by atoms with Crippen molar-refractivity contribution in [3.05, 3.63) is 81.0 Å². The van der Waals surface area contributed by atoms with Gasteiger partial charge >= 0.3 is 6.03 Å². The Kier molecular flexibility index (Phi) is 5.58. The number of hydrogen-bond donors (Lipinski definition) is 1. The molecular weight excluding hydrogens is 380 g/mol. The van der Waals surface area contributed by atoms with Gasteiger partial charge in [0, 0.05) is 16.3 Å². The quantitative estimate of drug-likeness (QED) is 0.594. The minimum absolute atomic E-state index is 0.0707. The normalized spacial score (nSPS) is 15.7. The molecule has 4 rings (SSSR count). The summed E-state index contributed by atoms with van der Waals surface area (Å²) in [5.74, 6) is 0.662. The zero-order valence-corrected chi connectivity index (χ0v) is 17.9. The van der Waals surface area contributed by atoms with Crippen molar-refractivity contribution < 1.29 is 9.53 Å². The van der Waals surface area contributed by atoms with E-state index in [2.05, 4.69) is 31.3 Å². The molecule has 4 nitrogen and oxygen atoms in total. The predicted octanol–water partition coefficient (Wildman–Crippen LogP) is 5.81. The van der Waals surface area contributed by atoms with Crippen LogP contribution in [0.3, 0.4) is 0 Å². The number of rotatable bonds is 4. The van der Waals surface area contributed by atoms with Crippen LogP contribution in [0.4, 0.5) is 10.5 Å². The minimum atomic E-state index is -0.0990. The number of aryl methyl sites for hydroxylation is 1. The van der Waals surface area contributed by atoms with Crippen molar-refractivity contribution in [3.63, 3.8) is 0 Å². The lowest BCUT2D eigenvalue weighted by Gasteiger charge is -2.36. The van der Waals surface area contributed by atoms with Gasteiger partial charge in [0.15, 0.2) is 0 Å². The van der Waals surface area contributed by atoms with Crippen molar-refractivity contribution in [1.29, 1.82) is 0 Å². The molecule has 5 heteroatoms. The Labute approximate surface area is 176 Å². The molecule has 0 unspecified atom stereocenters. The van der Waals surface area contributed by atoms with Crippen molar-refractivity contribution in [3.8, 4) is 5.75 Å². The summed E-state index contributed by atoms with van der Waals surface area (Å²) in [5.41, 5.74) is 4.72. The van der Waals surface area contributed by atoms with Gasteiger partial charge in [-0.2, -0.15) is 0 Å². The lowest BCUT2D eigenvalue weighted by atomic mass is 9.92. The molecular formula is C24H26N2O2S. The third-order valence-electron chi connectivity index (χ3n) is 5.59. The van der Waals surface area contributed by atoms with Gasteiger partial charge in [-0.25, -0.2) is 4.79 Å². The van der Waals surface area contributed by atoms with Crippen molar-refractivity contribution in [1.82, 2.24) is 4.90 Å². The zero-order chi connectivity index (χ0) is 20.4. The molecule has 0 fully saturated rings. The lowest BCUT2D eigenvalue weighted by Crippen LogP contribution is -2.42. The molecule has 150 valence electrons. The average molecular weight is 407 g/mol. The van der Waals surface area contributed by atoms with Gasteiger partial charge in [-0.15, -0.1) is 11.3 Å². The Balaban J connectivity index is 1.73. The number of carbonyl (C=O) groups is 1. The van der Waals surface area contributed by atoms with E-state index in [9.17, 15) is 4.79 Å².